The Labute approximate surface area is 149 Å². The van der Waals surface area contributed by atoms with Crippen LogP contribution in [0.2, 0.25) is 5.15 Å². The highest BCUT2D eigenvalue weighted by Crippen LogP contribution is 2.38. The Morgan fingerprint density at radius 1 is 1.29 bits per heavy atom. The van der Waals surface area contributed by atoms with Gasteiger partial charge in [0.2, 0.25) is 5.91 Å². The van der Waals surface area contributed by atoms with Gasteiger partial charge in [0.25, 0.3) is 0 Å². The Morgan fingerprint density at radius 2 is 1.92 bits per heavy atom. The lowest BCUT2D eigenvalue weighted by atomic mass is 10.0. The number of carbonyl (C=O) groups is 1. The van der Waals surface area contributed by atoms with E-state index in [1.165, 1.54) is 0 Å². The van der Waals surface area contributed by atoms with E-state index in [9.17, 15) is 15.3 Å². The fourth-order valence-corrected chi connectivity index (χ4v) is 3.63. The Bertz CT molecular complexity index is 856. The molecule has 1 aromatic carbocycles. The maximum Gasteiger partial charge on any atom is 0.235 e. The zero-order chi connectivity index (χ0) is 17.7. The van der Waals surface area contributed by atoms with E-state index < -0.39 is 11.2 Å². The summed E-state index contributed by atoms with van der Waals surface area (Å²) in [5.74, 6) is -0.546. The van der Waals surface area contributed by atoms with Crippen molar-refractivity contribution in [3.8, 4) is 12.1 Å². The molecule has 5 nitrogen and oxygen atoms in total. The SMILES string of the molecule is CCc1c(C#N)c(Cl)nc(S[C@@H](C(N)=O)c2ccccc2)c1C#N. The molecule has 0 radical (unpaired) electrons. The molecule has 0 saturated carbocycles. The van der Waals surface area contributed by atoms with Gasteiger partial charge in [-0.3, -0.25) is 4.79 Å². The van der Waals surface area contributed by atoms with Crippen molar-refractivity contribution < 1.29 is 4.79 Å². The molecule has 2 N–H and O–H groups in total. The smallest absolute Gasteiger partial charge is 0.235 e. The van der Waals surface area contributed by atoms with Crippen molar-refractivity contribution in [2.45, 2.75) is 23.6 Å². The quantitative estimate of drug-likeness (QED) is 0.653. The molecule has 2 aromatic rings. The fourth-order valence-electron chi connectivity index (χ4n) is 2.28. The first-order chi connectivity index (χ1) is 11.5. The highest BCUT2D eigenvalue weighted by Gasteiger charge is 2.25. The van der Waals surface area contributed by atoms with E-state index in [1.54, 1.807) is 24.3 Å². The molecular formula is C17H13ClN4OS. The van der Waals surface area contributed by atoms with Crippen LogP contribution in [-0.2, 0) is 11.2 Å². The predicted molar refractivity (Wildman–Crippen MR) is 92.3 cm³/mol. The van der Waals surface area contributed by atoms with Crippen LogP contribution in [0.25, 0.3) is 0 Å². The van der Waals surface area contributed by atoms with Crippen LogP contribution in [0.15, 0.2) is 35.4 Å². The molecule has 120 valence electrons. The second-order valence-electron chi connectivity index (χ2n) is 4.82. The summed E-state index contributed by atoms with van der Waals surface area (Å²) in [5.41, 5.74) is 7.20. The number of amides is 1. The number of halogens is 1. The Kier molecular flexibility index (Phi) is 5.81. The van der Waals surface area contributed by atoms with Gasteiger partial charge >= 0.3 is 0 Å². The summed E-state index contributed by atoms with van der Waals surface area (Å²) >= 11 is 7.14. The Morgan fingerprint density at radius 3 is 2.42 bits per heavy atom. The second-order valence-corrected chi connectivity index (χ2v) is 6.28. The topological polar surface area (TPSA) is 104 Å². The van der Waals surface area contributed by atoms with Gasteiger partial charge in [-0.25, -0.2) is 4.98 Å². The standard InChI is InChI=1S/C17H13ClN4OS/c1-2-11-12(8-19)15(18)22-17(13(11)9-20)24-14(16(21)23)10-6-4-3-5-7-10/h3-7,14H,2H2,1H3,(H2,21,23)/t14-/m1/s1. The lowest BCUT2D eigenvalue weighted by Crippen LogP contribution is -2.19. The van der Waals surface area contributed by atoms with Crippen LogP contribution < -0.4 is 5.73 Å². The van der Waals surface area contributed by atoms with Crippen LogP contribution in [0.5, 0.6) is 0 Å². The molecule has 2 rings (SSSR count). The molecule has 0 aliphatic heterocycles. The van der Waals surface area contributed by atoms with Gasteiger partial charge in [-0.2, -0.15) is 10.5 Å². The largest absolute Gasteiger partial charge is 0.368 e. The monoisotopic (exact) mass is 356 g/mol. The van der Waals surface area contributed by atoms with Gasteiger partial charge in [-0.05, 0) is 17.5 Å². The number of thioether (sulfide) groups is 1. The summed E-state index contributed by atoms with van der Waals surface area (Å²) < 4.78 is 0. The van der Waals surface area contributed by atoms with E-state index >= 15 is 0 Å². The molecule has 24 heavy (non-hydrogen) atoms. The number of benzene rings is 1. The third-order valence-corrected chi connectivity index (χ3v) is 4.92. The number of aromatic nitrogens is 1. The number of nitrogens with two attached hydrogens (primary N) is 1. The van der Waals surface area contributed by atoms with Crippen LogP contribution in [0.4, 0.5) is 0 Å². The minimum Gasteiger partial charge on any atom is -0.368 e. The number of pyridine rings is 1. The number of carbonyl (C=O) groups excluding carboxylic acids is 1. The summed E-state index contributed by atoms with van der Waals surface area (Å²) in [6.45, 7) is 1.82. The second kappa shape index (κ2) is 7.83. The highest BCUT2D eigenvalue weighted by molar-refractivity contribution is 8.00. The van der Waals surface area contributed by atoms with Crippen LogP contribution >= 0.6 is 23.4 Å². The normalized spacial score (nSPS) is 11.3. The molecule has 0 saturated heterocycles. The zero-order valence-corrected chi connectivity index (χ0v) is 14.4. The van der Waals surface area contributed by atoms with Crippen molar-refractivity contribution >= 4 is 29.3 Å². The van der Waals surface area contributed by atoms with Gasteiger partial charge < -0.3 is 5.73 Å². The van der Waals surface area contributed by atoms with Gasteiger partial charge in [0.05, 0.1) is 11.1 Å². The fraction of sp³-hybridized carbons (Fsp3) is 0.176. The predicted octanol–water partition coefficient (Wildman–Crippen LogP) is 3.36. The molecule has 1 atom stereocenters. The Balaban J connectivity index is 2.56. The average molecular weight is 357 g/mol. The van der Waals surface area contributed by atoms with E-state index in [1.807, 2.05) is 19.1 Å². The molecule has 0 unspecified atom stereocenters. The molecule has 1 amide bonds. The molecule has 1 aromatic heterocycles. The van der Waals surface area contributed by atoms with Gasteiger partial charge in [0.15, 0.2) is 0 Å². The van der Waals surface area contributed by atoms with Crippen molar-refractivity contribution in [1.29, 1.82) is 10.5 Å². The molecule has 0 spiro atoms. The summed E-state index contributed by atoms with van der Waals surface area (Å²) in [4.78, 5) is 16.0. The minimum atomic E-state index is -0.709. The first kappa shape index (κ1) is 17.8. The summed E-state index contributed by atoms with van der Waals surface area (Å²) in [5, 5.41) is 18.3. The summed E-state index contributed by atoms with van der Waals surface area (Å²) in [6.07, 6.45) is 0.453. The average Bonchev–Trinajstić information content (AvgIpc) is 2.59. The van der Waals surface area contributed by atoms with Crippen LogP contribution in [-0.4, -0.2) is 10.9 Å². The molecule has 0 bridgehead atoms. The van der Waals surface area contributed by atoms with Crippen LogP contribution in [0, 0.1) is 22.7 Å². The van der Waals surface area contributed by atoms with Crippen LogP contribution in [0.3, 0.4) is 0 Å². The maximum atomic E-state index is 11.9. The molecule has 7 heteroatoms. The van der Waals surface area contributed by atoms with Crippen molar-refractivity contribution in [2.75, 3.05) is 0 Å². The number of nitriles is 2. The van der Waals surface area contributed by atoms with Gasteiger partial charge in [0, 0.05) is 0 Å². The van der Waals surface area contributed by atoms with Gasteiger partial charge in [-0.1, -0.05) is 60.6 Å². The number of primary amides is 1. The molecular weight excluding hydrogens is 344 g/mol. The van der Waals surface area contributed by atoms with E-state index in [2.05, 4.69) is 11.1 Å². The zero-order valence-electron chi connectivity index (χ0n) is 12.8. The van der Waals surface area contributed by atoms with E-state index in [-0.39, 0.29) is 16.3 Å². The molecule has 1 heterocycles. The Hall–Kier alpha value is -2.54. The highest BCUT2D eigenvalue weighted by atomic mass is 35.5. The van der Waals surface area contributed by atoms with Crippen LogP contribution in [0.1, 0.15) is 34.4 Å². The molecule has 0 aliphatic carbocycles. The van der Waals surface area contributed by atoms with E-state index in [4.69, 9.17) is 17.3 Å². The van der Waals surface area contributed by atoms with Crippen molar-refractivity contribution in [3.05, 3.63) is 57.7 Å². The third kappa shape index (κ3) is 3.51. The summed E-state index contributed by atoms with van der Waals surface area (Å²) in [7, 11) is 0. The number of nitrogens with zero attached hydrogens (tertiary/aromatic N) is 3. The van der Waals surface area contributed by atoms with E-state index in [0.717, 1.165) is 11.8 Å². The first-order valence-corrected chi connectivity index (χ1v) is 8.32. The van der Waals surface area contributed by atoms with Gasteiger partial charge in [0.1, 0.15) is 27.6 Å². The lowest BCUT2D eigenvalue weighted by Gasteiger charge is -2.16. The number of hydrogen-bond donors (Lipinski definition) is 1. The molecule has 0 fully saturated rings. The minimum absolute atomic E-state index is 0.0205. The van der Waals surface area contributed by atoms with Crippen molar-refractivity contribution in [2.24, 2.45) is 5.73 Å². The summed E-state index contributed by atoms with van der Waals surface area (Å²) in [6, 6.07) is 13.0. The van der Waals surface area contributed by atoms with Crippen molar-refractivity contribution in [1.82, 2.24) is 4.98 Å². The molecule has 0 aliphatic rings. The lowest BCUT2D eigenvalue weighted by molar-refractivity contribution is -0.117. The van der Waals surface area contributed by atoms with Gasteiger partial charge in [-0.15, -0.1) is 0 Å². The number of rotatable bonds is 5. The maximum absolute atomic E-state index is 11.9. The van der Waals surface area contributed by atoms with E-state index in [0.29, 0.717) is 22.6 Å². The number of hydrogen-bond acceptors (Lipinski definition) is 5. The van der Waals surface area contributed by atoms with Crippen molar-refractivity contribution in [3.63, 3.8) is 0 Å². The third-order valence-electron chi connectivity index (χ3n) is 3.39. The first-order valence-electron chi connectivity index (χ1n) is 7.06.